The number of carbonyl (C=O) groups is 2. The molecule has 2 amide bonds. The molecule has 1 saturated carbocycles. The van der Waals surface area contributed by atoms with Crippen LogP contribution in [0.25, 0.3) is 0 Å². The molecule has 0 radical (unpaired) electrons. The summed E-state index contributed by atoms with van der Waals surface area (Å²) in [5.41, 5.74) is 3.68. The second-order valence-electron chi connectivity index (χ2n) is 7.64. The minimum absolute atomic E-state index is 0.0145. The van der Waals surface area contributed by atoms with Gasteiger partial charge < -0.3 is 15.0 Å². The zero-order valence-electron chi connectivity index (χ0n) is 16.7. The summed E-state index contributed by atoms with van der Waals surface area (Å²) < 4.78 is 5.15. The fraction of sp³-hybridized carbons (Fsp3) is 0.333. The Balaban J connectivity index is 1.48. The Hall–Kier alpha value is -3.08. The summed E-state index contributed by atoms with van der Waals surface area (Å²) in [5, 5.41) is 2.90. The fourth-order valence-corrected chi connectivity index (χ4v) is 4.33. The van der Waals surface area contributed by atoms with E-state index in [9.17, 15) is 9.59 Å². The van der Waals surface area contributed by atoms with Crippen LogP contribution < -0.4 is 10.1 Å². The number of anilines is 1. The predicted molar refractivity (Wildman–Crippen MR) is 113 cm³/mol. The first-order chi connectivity index (χ1) is 14.2. The molecule has 5 nitrogen and oxygen atoms in total. The molecule has 1 unspecified atom stereocenters. The Morgan fingerprint density at radius 3 is 2.59 bits per heavy atom. The molecular weight excluding hydrogens is 364 g/mol. The number of benzene rings is 2. The molecule has 0 aromatic heterocycles. The van der Waals surface area contributed by atoms with Crippen molar-refractivity contribution in [1.29, 1.82) is 0 Å². The highest BCUT2D eigenvalue weighted by molar-refractivity contribution is 6.04. The van der Waals surface area contributed by atoms with E-state index in [-0.39, 0.29) is 24.3 Å². The topological polar surface area (TPSA) is 58.6 Å². The second kappa shape index (κ2) is 8.52. The predicted octanol–water partition coefficient (Wildman–Crippen LogP) is 4.31. The summed E-state index contributed by atoms with van der Waals surface area (Å²) in [6, 6.07) is 17.4. The quantitative estimate of drug-likeness (QED) is 0.800. The number of ether oxygens (including phenoxy) is 1. The Kier molecular flexibility index (Phi) is 5.65. The van der Waals surface area contributed by atoms with Crippen LogP contribution >= 0.6 is 0 Å². The largest absolute Gasteiger partial charge is 0.497 e. The lowest BCUT2D eigenvalue weighted by atomic mass is 9.88. The summed E-state index contributed by atoms with van der Waals surface area (Å²) >= 11 is 0. The van der Waals surface area contributed by atoms with Crippen LogP contribution in [0.5, 0.6) is 5.75 Å². The Labute approximate surface area is 171 Å². The summed E-state index contributed by atoms with van der Waals surface area (Å²) in [5.74, 6) is 0.595. The van der Waals surface area contributed by atoms with Crippen LogP contribution in [0.1, 0.15) is 37.7 Å². The number of fused-ring (bicyclic) bond motifs is 1. The number of nitrogens with zero attached hydrogens (tertiary/aromatic N) is 1. The SMILES string of the molecule is COc1ccc(NC(=O)CC2=C3CCCCC3N(Cc3ccccc3)C2=O)cc1. The van der Waals surface area contributed by atoms with E-state index in [0.717, 1.165) is 37.0 Å². The molecule has 4 rings (SSSR count). The van der Waals surface area contributed by atoms with Crippen molar-refractivity contribution in [3.63, 3.8) is 0 Å². The molecule has 0 bridgehead atoms. The van der Waals surface area contributed by atoms with Crippen LogP contribution in [0.15, 0.2) is 65.7 Å². The van der Waals surface area contributed by atoms with Gasteiger partial charge in [0.2, 0.25) is 5.91 Å². The summed E-state index contributed by atoms with van der Waals surface area (Å²) in [6.45, 7) is 0.595. The summed E-state index contributed by atoms with van der Waals surface area (Å²) in [6.07, 6.45) is 4.23. The third-order valence-corrected chi connectivity index (χ3v) is 5.77. The molecule has 0 spiro atoms. The molecule has 1 atom stereocenters. The number of hydrogen-bond acceptors (Lipinski definition) is 3. The van der Waals surface area contributed by atoms with Gasteiger partial charge in [-0.3, -0.25) is 9.59 Å². The first-order valence-corrected chi connectivity index (χ1v) is 10.2. The van der Waals surface area contributed by atoms with Crippen molar-refractivity contribution in [2.75, 3.05) is 12.4 Å². The zero-order chi connectivity index (χ0) is 20.2. The maximum atomic E-state index is 13.2. The van der Waals surface area contributed by atoms with E-state index in [2.05, 4.69) is 5.32 Å². The summed E-state index contributed by atoms with van der Waals surface area (Å²) in [4.78, 5) is 27.8. The lowest BCUT2D eigenvalue weighted by Crippen LogP contribution is -2.36. The number of amides is 2. The van der Waals surface area contributed by atoms with Crippen LogP contribution in [0.3, 0.4) is 0 Å². The third-order valence-electron chi connectivity index (χ3n) is 5.77. The zero-order valence-corrected chi connectivity index (χ0v) is 16.7. The highest BCUT2D eigenvalue weighted by Crippen LogP contribution is 2.38. The van der Waals surface area contributed by atoms with Crippen LogP contribution in [0, 0.1) is 0 Å². The van der Waals surface area contributed by atoms with Gasteiger partial charge in [0.05, 0.1) is 19.6 Å². The Morgan fingerprint density at radius 2 is 1.86 bits per heavy atom. The molecule has 1 aliphatic heterocycles. The molecule has 1 fully saturated rings. The van der Waals surface area contributed by atoms with Crippen LogP contribution in [-0.2, 0) is 16.1 Å². The van der Waals surface area contributed by atoms with E-state index in [1.807, 2.05) is 35.2 Å². The highest BCUT2D eigenvalue weighted by atomic mass is 16.5. The number of nitrogens with one attached hydrogen (secondary N) is 1. The van der Waals surface area contributed by atoms with E-state index in [4.69, 9.17) is 4.74 Å². The fourth-order valence-electron chi connectivity index (χ4n) is 4.33. The molecular formula is C24H26N2O3. The molecule has 1 heterocycles. The second-order valence-corrected chi connectivity index (χ2v) is 7.64. The number of rotatable bonds is 6. The van der Waals surface area contributed by atoms with E-state index >= 15 is 0 Å². The van der Waals surface area contributed by atoms with E-state index in [1.165, 1.54) is 5.57 Å². The minimum Gasteiger partial charge on any atom is -0.497 e. The van der Waals surface area contributed by atoms with Gasteiger partial charge in [-0.05, 0) is 54.7 Å². The first-order valence-electron chi connectivity index (χ1n) is 10.2. The first kappa shape index (κ1) is 19.2. The Bertz CT molecular complexity index is 919. The molecule has 2 aromatic rings. The third kappa shape index (κ3) is 4.19. The number of methoxy groups -OCH3 is 1. The van der Waals surface area contributed by atoms with Crippen molar-refractivity contribution in [2.24, 2.45) is 0 Å². The monoisotopic (exact) mass is 390 g/mol. The van der Waals surface area contributed by atoms with E-state index < -0.39 is 0 Å². The van der Waals surface area contributed by atoms with Gasteiger partial charge in [-0.1, -0.05) is 36.8 Å². The van der Waals surface area contributed by atoms with Gasteiger partial charge in [0.15, 0.2) is 0 Å². The molecule has 1 N–H and O–H groups in total. The van der Waals surface area contributed by atoms with Crippen molar-refractivity contribution in [2.45, 2.75) is 44.7 Å². The smallest absolute Gasteiger partial charge is 0.251 e. The van der Waals surface area contributed by atoms with Gasteiger partial charge in [0.25, 0.3) is 5.91 Å². The van der Waals surface area contributed by atoms with Gasteiger partial charge in [-0.2, -0.15) is 0 Å². The summed E-state index contributed by atoms with van der Waals surface area (Å²) in [7, 11) is 1.61. The minimum atomic E-state index is -0.156. The molecule has 0 saturated heterocycles. The molecule has 150 valence electrons. The number of carbonyl (C=O) groups excluding carboxylic acids is 2. The molecule has 5 heteroatoms. The van der Waals surface area contributed by atoms with Crippen molar-refractivity contribution >= 4 is 17.5 Å². The lowest BCUT2D eigenvalue weighted by molar-refractivity contribution is -0.129. The van der Waals surface area contributed by atoms with Gasteiger partial charge in [0, 0.05) is 17.8 Å². The molecule has 2 aliphatic rings. The van der Waals surface area contributed by atoms with Gasteiger partial charge in [-0.25, -0.2) is 0 Å². The maximum absolute atomic E-state index is 13.2. The van der Waals surface area contributed by atoms with Crippen molar-refractivity contribution in [3.8, 4) is 5.75 Å². The van der Waals surface area contributed by atoms with Crippen molar-refractivity contribution in [1.82, 2.24) is 4.90 Å². The average Bonchev–Trinajstić information content (AvgIpc) is 3.01. The average molecular weight is 390 g/mol. The van der Waals surface area contributed by atoms with Gasteiger partial charge >= 0.3 is 0 Å². The number of hydrogen-bond donors (Lipinski definition) is 1. The maximum Gasteiger partial charge on any atom is 0.251 e. The van der Waals surface area contributed by atoms with Crippen LogP contribution in [0.2, 0.25) is 0 Å². The van der Waals surface area contributed by atoms with Crippen LogP contribution in [-0.4, -0.2) is 29.9 Å². The van der Waals surface area contributed by atoms with Gasteiger partial charge in [0.1, 0.15) is 5.75 Å². The standard InChI is InChI=1S/C24H26N2O3/c1-29-19-13-11-18(12-14-19)25-23(27)15-21-20-9-5-6-10-22(20)26(24(21)28)16-17-7-3-2-4-8-17/h2-4,7-8,11-14,22H,5-6,9-10,15-16H2,1H3,(H,25,27). The molecule has 29 heavy (non-hydrogen) atoms. The lowest BCUT2D eigenvalue weighted by Gasteiger charge is -2.30. The van der Waals surface area contributed by atoms with Crippen molar-refractivity contribution < 1.29 is 14.3 Å². The normalized spacial score (nSPS) is 18.6. The molecule has 1 aliphatic carbocycles. The highest BCUT2D eigenvalue weighted by Gasteiger charge is 2.40. The van der Waals surface area contributed by atoms with Crippen LogP contribution in [0.4, 0.5) is 5.69 Å². The van der Waals surface area contributed by atoms with E-state index in [0.29, 0.717) is 17.8 Å². The Morgan fingerprint density at radius 1 is 1.10 bits per heavy atom. The van der Waals surface area contributed by atoms with Crippen molar-refractivity contribution in [3.05, 3.63) is 71.3 Å². The van der Waals surface area contributed by atoms with Gasteiger partial charge in [-0.15, -0.1) is 0 Å². The van der Waals surface area contributed by atoms with E-state index in [1.54, 1.807) is 31.4 Å². The molecule has 2 aromatic carbocycles.